The van der Waals surface area contributed by atoms with Crippen molar-refractivity contribution in [3.8, 4) is 5.75 Å². The molecule has 2 aromatic rings. The Kier molecular flexibility index (Phi) is 7.66. The van der Waals surface area contributed by atoms with E-state index < -0.39 is 17.6 Å². The standard InChI is InChI=1S/C18H17ClF3NO2S/c19-15-8-7-13(18(20,21)22)11-16(15)23-17(24)12-26-10-4-9-25-14-5-2-1-3-6-14/h1-3,5-8,11H,4,9-10,12H2,(H,23,24). The molecule has 1 amide bonds. The topological polar surface area (TPSA) is 38.3 Å². The van der Waals surface area contributed by atoms with E-state index in [0.717, 1.165) is 30.4 Å². The molecule has 140 valence electrons. The van der Waals surface area contributed by atoms with Crippen LogP contribution in [-0.4, -0.2) is 24.0 Å². The van der Waals surface area contributed by atoms with E-state index in [1.807, 2.05) is 30.3 Å². The SMILES string of the molecule is O=C(CSCCCOc1ccccc1)Nc1cc(C(F)(F)F)ccc1Cl. The maximum Gasteiger partial charge on any atom is 0.416 e. The number of carbonyl (C=O) groups is 1. The lowest BCUT2D eigenvalue weighted by atomic mass is 10.2. The molecule has 26 heavy (non-hydrogen) atoms. The highest BCUT2D eigenvalue weighted by atomic mass is 35.5. The lowest BCUT2D eigenvalue weighted by Crippen LogP contribution is -2.16. The first-order chi connectivity index (χ1) is 12.4. The molecule has 8 heteroatoms. The van der Waals surface area contributed by atoms with Crippen molar-refractivity contribution in [1.29, 1.82) is 0 Å². The molecule has 0 atom stereocenters. The smallest absolute Gasteiger partial charge is 0.416 e. The third-order valence-corrected chi connectivity index (χ3v) is 4.62. The van der Waals surface area contributed by atoms with Gasteiger partial charge in [-0.15, -0.1) is 0 Å². The van der Waals surface area contributed by atoms with Crippen LogP contribution in [0.3, 0.4) is 0 Å². The molecule has 0 heterocycles. The van der Waals surface area contributed by atoms with Crippen LogP contribution >= 0.6 is 23.4 Å². The first-order valence-corrected chi connectivity index (χ1v) is 9.32. The molecule has 0 aromatic heterocycles. The quantitative estimate of drug-likeness (QED) is 0.591. The van der Waals surface area contributed by atoms with Crippen LogP contribution in [0.2, 0.25) is 5.02 Å². The maximum absolute atomic E-state index is 12.7. The molecule has 0 saturated heterocycles. The fraction of sp³-hybridized carbons (Fsp3) is 0.278. The van der Waals surface area contributed by atoms with Gasteiger partial charge < -0.3 is 10.1 Å². The van der Waals surface area contributed by atoms with Crippen LogP contribution in [0.25, 0.3) is 0 Å². The number of para-hydroxylation sites is 1. The first kappa shape index (κ1) is 20.5. The first-order valence-electron chi connectivity index (χ1n) is 7.78. The number of hydrogen-bond donors (Lipinski definition) is 1. The van der Waals surface area contributed by atoms with Crippen molar-refractivity contribution >= 4 is 35.0 Å². The van der Waals surface area contributed by atoms with Gasteiger partial charge >= 0.3 is 6.18 Å². The van der Waals surface area contributed by atoms with Crippen molar-refractivity contribution < 1.29 is 22.7 Å². The van der Waals surface area contributed by atoms with E-state index >= 15 is 0 Å². The van der Waals surface area contributed by atoms with Gasteiger partial charge in [0.15, 0.2) is 0 Å². The Morgan fingerprint density at radius 3 is 2.58 bits per heavy atom. The normalized spacial score (nSPS) is 11.2. The van der Waals surface area contributed by atoms with Gasteiger partial charge in [-0.05, 0) is 42.5 Å². The van der Waals surface area contributed by atoms with Gasteiger partial charge in [0.2, 0.25) is 5.91 Å². The molecular weight excluding hydrogens is 387 g/mol. The molecule has 0 fully saturated rings. The van der Waals surface area contributed by atoms with Crippen LogP contribution in [0.15, 0.2) is 48.5 Å². The molecule has 2 aromatic carbocycles. The second-order valence-corrected chi connectivity index (χ2v) is 6.82. The van der Waals surface area contributed by atoms with Gasteiger partial charge in [0.1, 0.15) is 5.75 Å². The van der Waals surface area contributed by atoms with Gasteiger partial charge in [-0.1, -0.05) is 29.8 Å². The summed E-state index contributed by atoms with van der Waals surface area (Å²) >= 11 is 7.22. The molecule has 0 bridgehead atoms. The van der Waals surface area contributed by atoms with Crippen molar-refractivity contribution in [1.82, 2.24) is 0 Å². The summed E-state index contributed by atoms with van der Waals surface area (Å²) in [5.41, 5.74) is -0.901. The molecule has 0 aliphatic heterocycles. The van der Waals surface area contributed by atoms with Crippen LogP contribution < -0.4 is 10.1 Å². The third-order valence-electron chi connectivity index (χ3n) is 3.25. The number of benzene rings is 2. The Hall–Kier alpha value is -1.86. The van der Waals surface area contributed by atoms with Crippen LogP contribution in [0.5, 0.6) is 5.75 Å². The minimum absolute atomic E-state index is 0.0421. The molecule has 0 aliphatic rings. The number of hydrogen-bond acceptors (Lipinski definition) is 3. The molecule has 2 rings (SSSR count). The summed E-state index contributed by atoms with van der Waals surface area (Å²) < 4.78 is 43.7. The summed E-state index contributed by atoms with van der Waals surface area (Å²) in [5.74, 6) is 1.20. The predicted octanol–water partition coefficient (Wildman–Crippen LogP) is 5.50. The summed E-state index contributed by atoms with van der Waals surface area (Å²) in [6.45, 7) is 0.526. The van der Waals surface area contributed by atoms with E-state index in [4.69, 9.17) is 16.3 Å². The van der Waals surface area contributed by atoms with Crippen LogP contribution in [0, 0.1) is 0 Å². The summed E-state index contributed by atoms with van der Waals surface area (Å²) in [4.78, 5) is 11.9. The van der Waals surface area contributed by atoms with Crippen molar-refractivity contribution in [2.24, 2.45) is 0 Å². The zero-order chi connectivity index (χ0) is 19.0. The highest BCUT2D eigenvalue weighted by Crippen LogP contribution is 2.33. The van der Waals surface area contributed by atoms with Crippen LogP contribution in [0.1, 0.15) is 12.0 Å². The third kappa shape index (κ3) is 6.80. The predicted molar refractivity (Wildman–Crippen MR) is 99.0 cm³/mol. The minimum atomic E-state index is -4.49. The molecule has 0 aliphatic carbocycles. The number of alkyl halides is 3. The number of thioether (sulfide) groups is 1. The second-order valence-electron chi connectivity index (χ2n) is 5.31. The molecule has 3 nitrogen and oxygen atoms in total. The van der Waals surface area contributed by atoms with Gasteiger partial charge in [-0.25, -0.2) is 0 Å². The zero-order valence-electron chi connectivity index (χ0n) is 13.7. The van der Waals surface area contributed by atoms with E-state index in [1.165, 1.54) is 11.8 Å². The van der Waals surface area contributed by atoms with Gasteiger partial charge in [0.25, 0.3) is 0 Å². The van der Waals surface area contributed by atoms with Gasteiger partial charge in [-0.2, -0.15) is 24.9 Å². The largest absolute Gasteiger partial charge is 0.494 e. The number of carbonyl (C=O) groups excluding carboxylic acids is 1. The number of amides is 1. The Labute approximate surface area is 158 Å². The van der Waals surface area contributed by atoms with Crippen molar-refractivity contribution in [2.75, 3.05) is 23.4 Å². The fourth-order valence-electron chi connectivity index (χ4n) is 2.02. The summed E-state index contributed by atoms with van der Waals surface area (Å²) in [6, 6.07) is 12.2. The molecular formula is C18H17ClF3NO2S. The highest BCUT2D eigenvalue weighted by Gasteiger charge is 2.31. The van der Waals surface area contributed by atoms with Crippen LogP contribution in [0.4, 0.5) is 18.9 Å². The van der Waals surface area contributed by atoms with E-state index in [1.54, 1.807) is 0 Å². The number of nitrogens with one attached hydrogen (secondary N) is 1. The molecule has 1 N–H and O–H groups in total. The summed E-state index contributed by atoms with van der Waals surface area (Å²) in [5, 5.41) is 2.48. The van der Waals surface area contributed by atoms with Crippen molar-refractivity contribution in [3.63, 3.8) is 0 Å². The van der Waals surface area contributed by atoms with E-state index in [0.29, 0.717) is 12.4 Å². The number of anilines is 1. The van der Waals surface area contributed by atoms with E-state index in [9.17, 15) is 18.0 Å². The van der Waals surface area contributed by atoms with Crippen LogP contribution in [-0.2, 0) is 11.0 Å². The molecule has 0 saturated carbocycles. The number of rotatable bonds is 8. The number of ether oxygens (including phenoxy) is 1. The maximum atomic E-state index is 12.7. The van der Waals surface area contributed by atoms with Crippen molar-refractivity contribution in [2.45, 2.75) is 12.6 Å². The Morgan fingerprint density at radius 2 is 1.88 bits per heavy atom. The van der Waals surface area contributed by atoms with Crippen molar-refractivity contribution in [3.05, 3.63) is 59.1 Å². The van der Waals surface area contributed by atoms with E-state index in [2.05, 4.69) is 5.32 Å². The minimum Gasteiger partial charge on any atom is -0.494 e. The Balaban J connectivity index is 1.70. The Bertz CT molecular complexity index is 726. The second kappa shape index (κ2) is 9.73. The average Bonchev–Trinajstić information content (AvgIpc) is 2.60. The summed E-state index contributed by atoms with van der Waals surface area (Å²) in [6.07, 6.45) is -3.74. The molecule has 0 unspecified atom stereocenters. The number of halogens is 4. The lowest BCUT2D eigenvalue weighted by Gasteiger charge is -2.11. The molecule has 0 radical (unpaired) electrons. The zero-order valence-corrected chi connectivity index (χ0v) is 15.3. The highest BCUT2D eigenvalue weighted by molar-refractivity contribution is 7.99. The Morgan fingerprint density at radius 1 is 1.15 bits per heavy atom. The molecule has 0 spiro atoms. The fourth-order valence-corrected chi connectivity index (χ4v) is 2.90. The van der Waals surface area contributed by atoms with E-state index in [-0.39, 0.29) is 16.5 Å². The average molecular weight is 404 g/mol. The van der Waals surface area contributed by atoms with Gasteiger partial charge in [0, 0.05) is 0 Å². The lowest BCUT2D eigenvalue weighted by molar-refractivity contribution is -0.137. The summed E-state index contributed by atoms with van der Waals surface area (Å²) in [7, 11) is 0. The van der Waals surface area contributed by atoms with Gasteiger partial charge in [0.05, 0.1) is 28.6 Å². The van der Waals surface area contributed by atoms with Gasteiger partial charge in [-0.3, -0.25) is 4.79 Å². The monoisotopic (exact) mass is 403 g/mol.